The SMILES string of the molecule is S=c1[nH]nc(-c2ccccn2)n1Cc1ccno1. The number of rotatable bonds is 3. The molecule has 0 saturated carbocycles. The molecular formula is C11H9N5OS. The van der Waals surface area contributed by atoms with Crippen LogP contribution in [0.15, 0.2) is 41.2 Å². The molecular weight excluding hydrogens is 250 g/mol. The number of pyridine rings is 1. The molecule has 0 aliphatic carbocycles. The van der Waals surface area contributed by atoms with E-state index in [1.807, 2.05) is 22.8 Å². The number of aromatic amines is 1. The minimum Gasteiger partial charge on any atom is -0.359 e. The van der Waals surface area contributed by atoms with Crippen LogP contribution in [-0.4, -0.2) is 24.9 Å². The summed E-state index contributed by atoms with van der Waals surface area (Å²) in [7, 11) is 0. The molecule has 7 heteroatoms. The van der Waals surface area contributed by atoms with Gasteiger partial charge in [-0.3, -0.25) is 14.6 Å². The molecule has 3 aromatic heterocycles. The maximum Gasteiger partial charge on any atom is 0.195 e. The summed E-state index contributed by atoms with van der Waals surface area (Å²) in [5.41, 5.74) is 0.754. The van der Waals surface area contributed by atoms with Crippen molar-refractivity contribution in [3.63, 3.8) is 0 Å². The van der Waals surface area contributed by atoms with E-state index >= 15 is 0 Å². The molecule has 0 aliphatic rings. The van der Waals surface area contributed by atoms with Crippen LogP contribution in [0.3, 0.4) is 0 Å². The number of nitrogens with zero attached hydrogens (tertiary/aromatic N) is 4. The largest absolute Gasteiger partial charge is 0.359 e. The van der Waals surface area contributed by atoms with E-state index in [0.717, 1.165) is 5.69 Å². The van der Waals surface area contributed by atoms with Crippen LogP contribution in [-0.2, 0) is 6.54 Å². The number of aromatic nitrogens is 5. The fraction of sp³-hybridized carbons (Fsp3) is 0.0909. The van der Waals surface area contributed by atoms with Crippen molar-refractivity contribution < 1.29 is 4.52 Å². The van der Waals surface area contributed by atoms with Crippen LogP contribution >= 0.6 is 12.2 Å². The molecule has 0 amide bonds. The van der Waals surface area contributed by atoms with Crippen molar-refractivity contribution in [2.45, 2.75) is 6.54 Å². The van der Waals surface area contributed by atoms with Crippen LogP contribution in [0.1, 0.15) is 5.76 Å². The summed E-state index contributed by atoms with van der Waals surface area (Å²) in [6.45, 7) is 0.473. The third kappa shape index (κ3) is 1.95. The lowest BCUT2D eigenvalue weighted by Gasteiger charge is -2.03. The van der Waals surface area contributed by atoms with Gasteiger partial charge in [0.05, 0.1) is 12.7 Å². The van der Waals surface area contributed by atoms with Crippen molar-refractivity contribution in [2.75, 3.05) is 0 Å². The predicted octanol–water partition coefficient (Wildman–Crippen LogP) is 2.04. The maximum atomic E-state index is 5.20. The third-order valence-corrected chi connectivity index (χ3v) is 2.77. The molecule has 0 aliphatic heterocycles. The molecule has 6 nitrogen and oxygen atoms in total. The monoisotopic (exact) mass is 259 g/mol. The van der Waals surface area contributed by atoms with Gasteiger partial charge in [-0.25, -0.2) is 0 Å². The third-order valence-electron chi connectivity index (χ3n) is 2.46. The van der Waals surface area contributed by atoms with Crippen molar-refractivity contribution in [1.82, 2.24) is 24.9 Å². The minimum atomic E-state index is 0.473. The van der Waals surface area contributed by atoms with Gasteiger partial charge in [-0.15, -0.1) is 0 Å². The zero-order valence-corrected chi connectivity index (χ0v) is 10.1. The molecule has 0 spiro atoms. The van der Waals surface area contributed by atoms with Gasteiger partial charge >= 0.3 is 0 Å². The Hall–Kier alpha value is -2.28. The van der Waals surface area contributed by atoms with Crippen molar-refractivity contribution in [1.29, 1.82) is 0 Å². The summed E-state index contributed by atoms with van der Waals surface area (Å²) in [5, 5.41) is 10.6. The lowest BCUT2D eigenvalue weighted by molar-refractivity contribution is 0.376. The molecule has 3 rings (SSSR count). The van der Waals surface area contributed by atoms with Crippen molar-refractivity contribution in [3.05, 3.63) is 47.2 Å². The summed E-state index contributed by atoms with van der Waals surface area (Å²) in [5.74, 6) is 1.39. The molecule has 0 radical (unpaired) electrons. The topological polar surface area (TPSA) is 72.5 Å². The molecule has 0 fully saturated rings. The molecule has 3 aromatic rings. The first-order valence-corrected chi connectivity index (χ1v) is 5.71. The van der Waals surface area contributed by atoms with E-state index in [-0.39, 0.29) is 0 Å². The second kappa shape index (κ2) is 4.53. The van der Waals surface area contributed by atoms with E-state index in [0.29, 0.717) is 22.9 Å². The average Bonchev–Trinajstić information content (AvgIpc) is 3.03. The van der Waals surface area contributed by atoms with Crippen LogP contribution in [0.5, 0.6) is 0 Å². The van der Waals surface area contributed by atoms with Gasteiger partial charge in [-0.2, -0.15) is 5.10 Å². The van der Waals surface area contributed by atoms with Gasteiger partial charge in [0.25, 0.3) is 0 Å². The first-order valence-electron chi connectivity index (χ1n) is 5.31. The number of hydrogen-bond donors (Lipinski definition) is 1. The summed E-state index contributed by atoms with van der Waals surface area (Å²) in [6, 6.07) is 7.42. The van der Waals surface area contributed by atoms with E-state index in [4.69, 9.17) is 16.7 Å². The smallest absolute Gasteiger partial charge is 0.195 e. The van der Waals surface area contributed by atoms with Crippen molar-refractivity contribution >= 4 is 12.2 Å². The Morgan fingerprint density at radius 1 is 1.28 bits per heavy atom. The average molecular weight is 259 g/mol. The Morgan fingerprint density at radius 3 is 2.94 bits per heavy atom. The van der Waals surface area contributed by atoms with Gasteiger partial charge in [-0.1, -0.05) is 11.2 Å². The zero-order chi connectivity index (χ0) is 12.4. The number of nitrogens with one attached hydrogen (secondary N) is 1. The van der Waals surface area contributed by atoms with E-state index in [1.165, 1.54) is 0 Å². The van der Waals surface area contributed by atoms with Gasteiger partial charge in [0.1, 0.15) is 5.69 Å². The maximum absolute atomic E-state index is 5.20. The highest BCUT2D eigenvalue weighted by atomic mass is 32.1. The van der Waals surface area contributed by atoms with Crippen molar-refractivity contribution in [2.24, 2.45) is 0 Å². The highest BCUT2D eigenvalue weighted by molar-refractivity contribution is 7.71. The molecule has 0 bridgehead atoms. The fourth-order valence-electron chi connectivity index (χ4n) is 1.63. The van der Waals surface area contributed by atoms with Gasteiger partial charge in [0.2, 0.25) is 0 Å². The first-order chi connectivity index (χ1) is 8.84. The van der Waals surface area contributed by atoms with Gasteiger partial charge < -0.3 is 4.52 Å². The Labute approximate surface area is 107 Å². The molecule has 0 aromatic carbocycles. The van der Waals surface area contributed by atoms with E-state index < -0.39 is 0 Å². The van der Waals surface area contributed by atoms with Crippen LogP contribution in [0.25, 0.3) is 11.5 Å². The van der Waals surface area contributed by atoms with Crippen LogP contribution < -0.4 is 0 Å². The number of hydrogen-bond acceptors (Lipinski definition) is 5. The fourth-order valence-corrected chi connectivity index (χ4v) is 1.83. The molecule has 1 N–H and O–H groups in total. The van der Waals surface area contributed by atoms with Crippen LogP contribution in [0.4, 0.5) is 0 Å². The molecule has 3 heterocycles. The molecule has 0 saturated heterocycles. The van der Waals surface area contributed by atoms with E-state index in [2.05, 4.69) is 20.3 Å². The normalized spacial score (nSPS) is 10.7. The lowest BCUT2D eigenvalue weighted by Crippen LogP contribution is -2.02. The minimum absolute atomic E-state index is 0.473. The highest BCUT2D eigenvalue weighted by Gasteiger charge is 2.11. The summed E-state index contributed by atoms with van der Waals surface area (Å²) in [6.07, 6.45) is 3.31. The second-order valence-electron chi connectivity index (χ2n) is 3.63. The Bertz CT molecular complexity index is 686. The lowest BCUT2D eigenvalue weighted by atomic mass is 10.3. The summed E-state index contributed by atoms with van der Waals surface area (Å²) < 4.78 is 7.41. The second-order valence-corrected chi connectivity index (χ2v) is 4.02. The quantitative estimate of drug-likeness (QED) is 0.729. The van der Waals surface area contributed by atoms with Gasteiger partial charge in [0.15, 0.2) is 16.4 Å². The van der Waals surface area contributed by atoms with Gasteiger partial charge in [-0.05, 0) is 24.4 Å². The summed E-state index contributed by atoms with van der Waals surface area (Å²) in [4.78, 5) is 4.26. The van der Waals surface area contributed by atoms with Gasteiger partial charge in [0, 0.05) is 12.3 Å². The predicted molar refractivity (Wildman–Crippen MR) is 66.2 cm³/mol. The van der Waals surface area contributed by atoms with E-state index in [9.17, 15) is 0 Å². The van der Waals surface area contributed by atoms with Crippen LogP contribution in [0, 0.1) is 4.77 Å². The summed E-state index contributed by atoms with van der Waals surface area (Å²) >= 11 is 5.20. The van der Waals surface area contributed by atoms with E-state index in [1.54, 1.807) is 18.5 Å². The molecule has 90 valence electrons. The Balaban J connectivity index is 2.04. The molecule has 18 heavy (non-hydrogen) atoms. The Kier molecular flexibility index (Phi) is 2.73. The zero-order valence-electron chi connectivity index (χ0n) is 9.28. The molecule has 0 atom stereocenters. The first kappa shape index (κ1) is 10.8. The molecule has 0 unspecified atom stereocenters. The Morgan fingerprint density at radius 2 is 2.22 bits per heavy atom. The standard InChI is InChI=1S/C11H9N5OS/c18-11-15-14-10(9-3-1-2-5-12-9)16(11)7-8-4-6-13-17-8/h1-6H,7H2,(H,15,18). The van der Waals surface area contributed by atoms with Crippen molar-refractivity contribution in [3.8, 4) is 11.5 Å². The highest BCUT2D eigenvalue weighted by Crippen LogP contribution is 2.15. The van der Waals surface area contributed by atoms with Crippen LogP contribution in [0.2, 0.25) is 0 Å². The number of H-pyrrole nitrogens is 1.